The zero-order valence-corrected chi connectivity index (χ0v) is 10.4. The van der Waals surface area contributed by atoms with Crippen LogP contribution in [0.4, 0.5) is 0 Å². The smallest absolute Gasteiger partial charge is 0.243 e. The third kappa shape index (κ3) is 4.22. The van der Waals surface area contributed by atoms with Crippen LogP contribution in [-0.4, -0.2) is 15.9 Å². The van der Waals surface area contributed by atoms with Gasteiger partial charge in [-0.05, 0) is 18.1 Å². The summed E-state index contributed by atoms with van der Waals surface area (Å²) in [5, 5.41) is 3.90. The predicted molar refractivity (Wildman–Crippen MR) is 62.5 cm³/mol. The van der Waals surface area contributed by atoms with Crippen molar-refractivity contribution in [2.45, 2.75) is 39.0 Å². The van der Waals surface area contributed by atoms with E-state index in [0.29, 0.717) is 11.8 Å². The van der Waals surface area contributed by atoms with Crippen molar-refractivity contribution in [2.24, 2.45) is 11.7 Å². The molecule has 5 heteroatoms. The highest BCUT2D eigenvalue weighted by Crippen LogP contribution is 2.18. The van der Waals surface area contributed by atoms with Crippen molar-refractivity contribution in [3.05, 3.63) is 11.7 Å². The fraction of sp³-hybridized carbons (Fsp3) is 0.800. The van der Waals surface area contributed by atoms with Gasteiger partial charge in [0.1, 0.15) is 0 Å². The number of hydrogen-bond donors (Lipinski definition) is 1. The average molecular weight is 229 g/mol. The molecule has 2 N–H and O–H groups in total. The van der Waals surface area contributed by atoms with E-state index in [4.69, 9.17) is 10.3 Å². The highest BCUT2D eigenvalue weighted by molar-refractivity contribution is 7.98. The molecule has 1 aromatic rings. The standard InChI is InChI=1S/C10H19N3OS/c1-4-15-6-9-12-10(14-13-9)8(11)5-7(2)3/h7-8H,4-6,11H2,1-3H3. The summed E-state index contributed by atoms with van der Waals surface area (Å²) in [5.41, 5.74) is 5.93. The molecule has 0 fully saturated rings. The number of nitrogens with zero attached hydrogens (tertiary/aromatic N) is 2. The second-order valence-electron chi connectivity index (χ2n) is 3.92. The highest BCUT2D eigenvalue weighted by atomic mass is 32.2. The Hall–Kier alpha value is -0.550. The van der Waals surface area contributed by atoms with Gasteiger partial charge in [-0.3, -0.25) is 0 Å². The molecule has 4 nitrogen and oxygen atoms in total. The van der Waals surface area contributed by atoms with Crippen molar-refractivity contribution in [2.75, 3.05) is 5.75 Å². The largest absolute Gasteiger partial charge is 0.338 e. The van der Waals surface area contributed by atoms with Gasteiger partial charge in [0.15, 0.2) is 5.82 Å². The van der Waals surface area contributed by atoms with E-state index in [2.05, 4.69) is 30.9 Å². The lowest BCUT2D eigenvalue weighted by atomic mass is 10.0. The second-order valence-corrected chi connectivity index (χ2v) is 5.20. The van der Waals surface area contributed by atoms with Gasteiger partial charge in [0.05, 0.1) is 11.8 Å². The van der Waals surface area contributed by atoms with Crippen molar-refractivity contribution >= 4 is 11.8 Å². The summed E-state index contributed by atoms with van der Waals surface area (Å²) in [5.74, 6) is 3.71. The molecule has 0 aliphatic carbocycles. The number of aromatic nitrogens is 2. The van der Waals surface area contributed by atoms with E-state index in [-0.39, 0.29) is 6.04 Å². The van der Waals surface area contributed by atoms with Crippen LogP contribution in [0.15, 0.2) is 4.52 Å². The Morgan fingerprint density at radius 1 is 1.47 bits per heavy atom. The number of nitrogens with two attached hydrogens (primary N) is 1. The molecule has 86 valence electrons. The first-order valence-corrected chi connectivity index (χ1v) is 6.44. The molecule has 0 spiro atoms. The van der Waals surface area contributed by atoms with Crippen LogP contribution in [-0.2, 0) is 5.75 Å². The van der Waals surface area contributed by atoms with Crippen LogP contribution in [0, 0.1) is 5.92 Å². The normalized spacial score (nSPS) is 13.4. The van der Waals surface area contributed by atoms with Crippen molar-refractivity contribution in [1.82, 2.24) is 10.1 Å². The lowest BCUT2D eigenvalue weighted by Crippen LogP contribution is -2.13. The van der Waals surface area contributed by atoms with Crippen molar-refractivity contribution < 1.29 is 4.52 Å². The fourth-order valence-corrected chi connectivity index (χ4v) is 1.78. The first kappa shape index (κ1) is 12.5. The molecule has 0 radical (unpaired) electrons. The molecule has 0 aliphatic heterocycles. The topological polar surface area (TPSA) is 64.9 Å². The minimum atomic E-state index is -0.127. The van der Waals surface area contributed by atoms with Gasteiger partial charge in [-0.1, -0.05) is 25.9 Å². The van der Waals surface area contributed by atoms with Crippen LogP contribution < -0.4 is 5.73 Å². The summed E-state index contributed by atoms with van der Waals surface area (Å²) in [6.45, 7) is 6.37. The molecule has 0 saturated carbocycles. The number of thioether (sulfide) groups is 1. The van der Waals surface area contributed by atoms with Gasteiger partial charge < -0.3 is 10.3 Å². The SMILES string of the molecule is CCSCc1noc(C(N)CC(C)C)n1. The molecule has 15 heavy (non-hydrogen) atoms. The van der Waals surface area contributed by atoms with Gasteiger partial charge >= 0.3 is 0 Å². The fourth-order valence-electron chi connectivity index (χ4n) is 1.28. The predicted octanol–water partition coefficient (Wildman–Crippen LogP) is 2.37. The molecular formula is C10H19N3OS. The molecule has 1 aromatic heterocycles. The van der Waals surface area contributed by atoms with Crippen LogP contribution in [0.1, 0.15) is 44.9 Å². The van der Waals surface area contributed by atoms with Crippen LogP contribution in [0.5, 0.6) is 0 Å². The lowest BCUT2D eigenvalue weighted by molar-refractivity contribution is 0.333. The van der Waals surface area contributed by atoms with E-state index in [9.17, 15) is 0 Å². The Labute approximate surface area is 95.0 Å². The van der Waals surface area contributed by atoms with E-state index >= 15 is 0 Å². The summed E-state index contributed by atoms with van der Waals surface area (Å²) >= 11 is 1.77. The second kappa shape index (κ2) is 6.12. The summed E-state index contributed by atoms with van der Waals surface area (Å²) in [6.07, 6.45) is 0.878. The highest BCUT2D eigenvalue weighted by Gasteiger charge is 2.15. The summed E-state index contributed by atoms with van der Waals surface area (Å²) in [7, 11) is 0. The van der Waals surface area contributed by atoms with E-state index < -0.39 is 0 Å². The van der Waals surface area contributed by atoms with Crippen LogP contribution in [0.3, 0.4) is 0 Å². The first-order valence-electron chi connectivity index (χ1n) is 5.29. The molecule has 0 amide bonds. The molecular weight excluding hydrogens is 210 g/mol. The van der Waals surface area contributed by atoms with Gasteiger partial charge in [-0.25, -0.2) is 0 Å². The van der Waals surface area contributed by atoms with E-state index in [1.54, 1.807) is 11.8 Å². The zero-order chi connectivity index (χ0) is 11.3. The van der Waals surface area contributed by atoms with Crippen LogP contribution in [0.2, 0.25) is 0 Å². The third-order valence-corrected chi connectivity index (χ3v) is 2.83. The van der Waals surface area contributed by atoms with Gasteiger partial charge in [-0.15, -0.1) is 0 Å². The maximum atomic E-state index is 5.93. The van der Waals surface area contributed by atoms with Crippen molar-refractivity contribution in [1.29, 1.82) is 0 Å². The maximum Gasteiger partial charge on any atom is 0.243 e. The Bertz CT molecular complexity index is 288. The summed E-state index contributed by atoms with van der Waals surface area (Å²) in [6, 6.07) is -0.127. The Morgan fingerprint density at radius 2 is 2.20 bits per heavy atom. The Kier molecular flexibility index (Phi) is 5.11. The van der Waals surface area contributed by atoms with E-state index in [1.165, 1.54) is 0 Å². The molecule has 0 saturated heterocycles. The van der Waals surface area contributed by atoms with E-state index in [1.807, 2.05) is 0 Å². The number of rotatable bonds is 6. The van der Waals surface area contributed by atoms with E-state index in [0.717, 1.165) is 23.8 Å². The molecule has 1 rings (SSSR count). The minimum Gasteiger partial charge on any atom is -0.338 e. The van der Waals surface area contributed by atoms with Crippen molar-refractivity contribution in [3.8, 4) is 0 Å². The zero-order valence-electron chi connectivity index (χ0n) is 9.56. The molecule has 1 unspecified atom stereocenters. The first-order chi connectivity index (χ1) is 7.13. The quantitative estimate of drug-likeness (QED) is 0.811. The average Bonchev–Trinajstić information content (AvgIpc) is 2.62. The molecule has 0 aliphatic rings. The van der Waals surface area contributed by atoms with Gasteiger partial charge in [-0.2, -0.15) is 16.7 Å². The van der Waals surface area contributed by atoms with Crippen LogP contribution >= 0.6 is 11.8 Å². The lowest BCUT2D eigenvalue weighted by Gasteiger charge is -2.08. The summed E-state index contributed by atoms with van der Waals surface area (Å²) in [4.78, 5) is 4.28. The third-order valence-electron chi connectivity index (χ3n) is 1.96. The van der Waals surface area contributed by atoms with Gasteiger partial charge in [0.25, 0.3) is 0 Å². The molecule has 1 atom stereocenters. The van der Waals surface area contributed by atoms with Gasteiger partial charge in [0, 0.05) is 0 Å². The monoisotopic (exact) mass is 229 g/mol. The van der Waals surface area contributed by atoms with Gasteiger partial charge in [0.2, 0.25) is 5.89 Å². The summed E-state index contributed by atoms with van der Waals surface area (Å²) < 4.78 is 5.12. The minimum absolute atomic E-state index is 0.127. The Morgan fingerprint density at radius 3 is 2.80 bits per heavy atom. The van der Waals surface area contributed by atoms with Crippen molar-refractivity contribution in [3.63, 3.8) is 0 Å². The maximum absolute atomic E-state index is 5.93. The molecule has 0 aromatic carbocycles. The van der Waals surface area contributed by atoms with Crippen LogP contribution in [0.25, 0.3) is 0 Å². The molecule has 1 heterocycles. The number of hydrogen-bond acceptors (Lipinski definition) is 5. The molecule has 0 bridgehead atoms. The Balaban J connectivity index is 2.51.